The van der Waals surface area contributed by atoms with Gasteiger partial charge in [-0.25, -0.2) is 22.2 Å². The van der Waals surface area contributed by atoms with Gasteiger partial charge in [-0.05, 0) is 59.9 Å². The Morgan fingerprint density at radius 3 is 2.77 bits per heavy atom. The summed E-state index contributed by atoms with van der Waals surface area (Å²) in [6.45, 7) is 5.18. The van der Waals surface area contributed by atoms with E-state index in [4.69, 9.17) is 4.74 Å². The van der Waals surface area contributed by atoms with Gasteiger partial charge in [-0.2, -0.15) is 4.31 Å². The van der Waals surface area contributed by atoms with E-state index in [1.165, 1.54) is 14.9 Å². The van der Waals surface area contributed by atoms with Crippen LogP contribution < -0.4 is 4.90 Å². The molecule has 0 amide bonds. The normalized spacial score (nSPS) is 19.2. The molecule has 43 heavy (non-hydrogen) atoms. The van der Waals surface area contributed by atoms with Crippen molar-refractivity contribution in [3.63, 3.8) is 0 Å². The highest BCUT2D eigenvalue weighted by Crippen LogP contribution is 2.36. The number of aryl methyl sites for hydroxylation is 2. The summed E-state index contributed by atoms with van der Waals surface area (Å²) < 4.78 is 63.1. The van der Waals surface area contributed by atoms with Crippen molar-refractivity contribution >= 4 is 27.5 Å². The molecule has 1 fully saturated rings. The molecule has 3 aromatic heterocycles. The first-order valence-electron chi connectivity index (χ1n) is 13.8. The minimum atomic E-state index is -3.93. The van der Waals surface area contributed by atoms with E-state index in [9.17, 15) is 27.1 Å². The van der Waals surface area contributed by atoms with E-state index >= 15 is 0 Å². The Kier molecular flexibility index (Phi) is 7.60. The zero-order chi connectivity index (χ0) is 30.5. The zero-order valence-electron chi connectivity index (χ0n) is 23.5. The van der Waals surface area contributed by atoms with Crippen molar-refractivity contribution in [3.8, 4) is 0 Å². The van der Waals surface area contributed by atoms with E-state index in [-0.39, 0.29) is 36.1 Å². The van der Waals surface area contributed by atoms with Gasteiger partial charge in [-0.3, -0.25) is 9.20 Å². The third-order valence-electron chi connectivity index (χ3n) is 8.25. The van der Waals surface area contributed by atoms with Crippen LogP contribution in [0.4, 0.5) is 14.6 Å². The molecule has 14 heteroatoms. The fourth-order valence-electron chi connectivity index (χ4n) is 6.00. The summed E-state index contributed by atoms with van der Waals surface area (Å²) in [5, 5.41) is 17.4. The fourth-order valence-corrected chi connectivity index (χ4v) is 7.60. The van der Waals surface area contributed by atoms with Crippen LogP contribution in [-0.2, 0) is 26.1 Å². The highest BCUT2D eigenvalue weighted by atomic mass is 32.2. The number of pyridine rings is 2. The lowest BCUT2D eigenvalue weighted by molar-refractivity contribution is -0.137. The lowest BCUT2D eigenvalue weighted by Crippen LogP contribution is -2.50. The van der Waals surface area contributed by atoms with Gasteiger partial charge >= 0.3 is 5.97 Å². The van der Waals surface area contributed by atoms with Gasteiger partial charge in [-0.15, -0.1) is 10.2 Å². The number of fused-ring (bicyclic) bond motifs is 4. The Labute approximate surface area is 246 Å². The van der Waals surface area contributed by atoms with Crippen LogP contribution >= 0.6 is 0 Å². The molecular weight excluding hydrogens is 582 g/mol. The number of aliphatic carboxylic acids is 1. The smallest absolute Gasteiger partial charge is 0.304 e. The monoisotopic (exact) mass is 612 g/mol. The van der Waals surface area contributed by atoms with Gasteiger partial charge in [0.1, 0.15) is 10.7 Å². The molecule has 0 spiro atoms. The zero-order valence-corrected chi connectivity index (χ0v) is 24.3. The number of alkyl halides is 2. The molecule has 1 saturated heterocycles. The van der Waals surface area contributed by atoms with Crippen molar-refractivity contribution < 1.29 is 31.8 Å². The molecular formula is C29H30F2N6O5S. The maximum Gasteiger partial charge on any atom is 0.304 e. The number of rotatable bonds is 7. The van der Waals surface area contributed by atoms with Crippen LogP contribution in [-0.4, -0.2) is 75.7 Å². The van der Waals surface area contributed by atoms with Gasteiger partial charge in [0.05, 0.1) is 25.7 Å². The lowest BCUT2D eigenvalue weighted by atomic mass is 9.85. The number of ether oxygens (including phenoxy) is 1. The summed E-state index contributed by atoms with van der Waals surface area (Å²) in [5.74, 6) is -1.77. The van der Waals surface area contributed by atoms with Crippen molar-refractivity contribution in [1.29, 1.82) is 0 Å². The number of anilines is 1. The highest BCUT2D eigenvalue weighted by molar-refractivity contribution is 7.89. The molecule has 1 N–H and O–H groups in total. The molecule has 2 aliphatic heterocycles. The van der Waals surface area contributed by atoms with Crippen molar-refractivity contribution in [2.45, 2.75) is 50.1 Å². The van der Waals surface area contributed by atoms with E-state index < -0.39 is 34.2 Å². The lowest BCUT2D eigenvalue weighted by Gasteiger charge is -2.36. The Balaban J connectivity index is 1.40. The van der Waals surface area contributed by atoms with E-state index in [1.54, 1.807) is 31.3 Å². The van der Waals surface area contributed by atoms with E-state index in [2.05, 4.69) is 15.2 Å². The molecule has 1 unspecified atom stereocenters. The first kappa shape index (κ1) is 29.1. The van der Waals surface area contributed by atoms with Crippen LogP contribution in [0.3, 0.4) is 0 Å². The number of sulfonamides is 1. The summed E-state index contributed by atoms with van der Waals surface area (Å²) in [6.07, 6.45) is -0.0823. The van der Waals surface area contributed by atoms with Crippen molar-refractivity contribution in [1.82, 2.24) is 23.9 Å². The Bertz CT molecular complexity index is 1810. The number of carbonyl (C=O) groups is 1. The van der Waals surface area contributed by atoms with Crippen LogP contribution in [0.1, 0.15) is 52.4 Å². The van der Waals surface area contributed by atoms with E-state index in [1.807, 2.05) is 30.0 Å². The van der Waals surface area contributed by atoms with Crippen LogP contribution in [0.5, 0.6) is 0 Å². The maximum atomic E-state index is 14.0. The molecule has 6 rings (SSSR count). The van der Waals surface area contributed by atoms with E-state index in [0.29, 0.717) is 47.8 Å². The molecule has 0 saturated carbocycles. The number of aromatic nitrogens is 4. The van der Waals surface area contributed by atoms with Crippen LogP contribution in [0.2, 0.25) is 0 Å². The van der Waals surface area contributed by atoms with Crippen LogP contribution in [0.15, 0.2) is 53.7 Å². The maximum absolute atomic E-state index is 14.0. The number of carboxylic acid groups (broad SMARTS) is 1. The minimum Gasteiger partial charge on any atom is -0.481 e. The van der Waals surface area contributed by atoms with Gasteiger partial charge in [-0.1, -0.05) is 18.2 Å². The predicted octanol–water partition coefficient (Wildman–Crippen LogP) is 3.70. The van der Waals surface area contributed by atoms with Crippen molar-refractivity contribution in [2.24, 2.45) is 0 Å². The standard InChI is InChI=1S/C29H30F2N6O5S/c1-17-5-6-19(23(13-25(38)39)22-7-9-37-27(18(22)2)33-34-29(37)26(30)31)12-20(17)14-35-15-21-16-42-11-10-36(21)28-24(43(35,40)41)4-3-8-32-28/h3-9,12,21,23,26H,10-11,13-16H2,1-2H3,(H,38,39)/t21-,23?/m0/s1. The number of hydrogen-bond acceptors (Lipinski definition) is 8. The average molecular weight is 613 g/mol. The second-order valence-electron chi connectivity index (χ2n) is 10.8. The molecule has 5 heterocycles. The van der Waals surface area contributed by atoms with Crippen molar-refractivity contribution in [3.05, 3.63) is 82.4 Å². The Hall–Kier alpha value is -4.01. The van der Waals surface area contributed by atoms with Crippen LogP contribution in [0, 0.1) is 13.8 Å². The summed E-state index contributed by atoms with van der Waals surface area (Å²) in [7, 11) is -3.93. The van der Waals surface area contributed by atoms with Gasteiger partial charge in [0.2, 0.25) is 15.8 Å². The number of hydrogen-bond donors (Lipinski definition) is 1. The number of benzene rings is 1. The molecule has 2 atom stereocenters. The molecule has 2 aliphatic rings. The summed E-state index contributed by atoms with van der Waals surface area (Å²) in [5.41, 5.74) is 3.57. The average Bonchev–Trinajstić information content (AvgIpc) is 3.39. The van der Waals surface area contributed by atoms with Gasteiger partial charge in [0.25, 0.3) is 6.43 Å². The topological polar surface area (TPSA) is 130 Å². The summed E-state index contributed by atoms with van der Waals surface area (Å²) in [4.78, 5) is 18.6. The predicted molar refractivity (Wildman–Crippen MR) is 152 cm³/mol. The molecule has 11 nitrogen and oxygen atoms in total. The number of carboxylic acids is 1. The summed E-state index contributed by atoms with van der Waals surface area (Å²) in [6, 6.07) is 10.1. The van der Waals surface area contributed by atoms with Gasteiger partial charge in [0.15, 0.2) is 5.65 Å². The summed E-state index contributed by atoms with van der Waals surface area (Å²) >= 11 is 0. The largest absolute Gasteiger partial charge is 0.481 e. The highest BCUT2D eigenvalue weighted by Gasteiger charge is 2.39. The second-order valence-corrected chi connectivity index (χ2v) is 12.7. The van der Waals surface area contributed by atoms with Crippen molar-refractivity contribution in [2.75, 3.05) is 31.2 Å². The third kappa shape index (κ3) is 5.23. The number of halogens is 2. The molecule has 0 bridgehead atoms. The molecule has 0 aliphatic carbocycles. The van der Waals surface area contributed by atoms with Gasteiger partial charge in [0, 0.05) is 37.9 Å². The molecule has 226 valence electrons. The molecule has 1 aromatic carbocycles. The van der Waals surface area contributed by atoms with Gasteiger partial charge < -0.3 is 14.7 Å². The first-order chi connectivity index (χ1) is 20.6. The molecule has 0 radical (unpaired) electrons. The van der Waals surface area contributed by atoms with E-state index in [0.717, 1.165) is 5.56 Å². The minimum absolute atomic E-state index is 0.0560. The quantitative estimate of drug-likeness (QED) is 0.332. The van der Waals surface area contributed by atoms with Crippen LogP contribution in [0.25, 0.3) is 5.65 Å². The third-order valence-corrected chi connectivity index (χ3v) is 10.1. The number of morpholine rings is 1. The second kappa shape index (κ2) is 11.2. The first-order valence-corrected chi connectivity index (χ1v) is 15.2. The molecule has 4 aromatic rings. The number of nitrogens with zero attached hydrogens (tertiary/aromatic N) is 6. The fraction of sp³-hybridized carbons (Fsp3) is 0.379. The Morgan fingerprint density at radius 1 is 1.19 bits per heavy atom. The Morgan fingerprint density at radius 2 is 2.00 bits per heavy atom. The SMILES string of the molecule is Cc1ccc(C(CC(=O)O)c2ccn3c(C(F)F)nnc3c2C)cc1CN1C[C@H]2COCCN2c2ncccc2S1(=O)=O.